The Bertz CT molecular complexity index is 715. The normalized spacial score (nSPS) is 16.9. The van der Waals surface area contributed by atoms with Crippen molar-refractivity contribution in [2.75, 3.05) is 40.0 Å². The lowest BCUT2D eigenvalue weighted by atomic mass is 10.1. The van der Waals surface area contributed by atoms with Crippen molar-refractivity contribution < 1.29 is 9.47 Å². The van der Waals surface area contributed by atoms with Gasteiger partial charge in [-0.1, -0.05) is 24.3 Å². The number of ether oxygens (including phenoxy) is 2. The molecular formula is C20H29IN4O2. The molecule has 1 saturated heterocycles. The van der Waals surface area contributed by atoms with Crippen molar-refractivity contribution in [3.8, 4) is 0 Å². The predicted molar refractivity (Wildman–Crippen MR) is 120 cm³/mol. The first-order valence-electron chi connectivity index (χ1n) is 9.29. The van der Waals surface area contributed by atoms with Gasteiger partial charge in [-0.2, -0.15) is 0 Å². The number of nitrogens with one attached hydrogen (secondary N) is 2. The second-order valence-corrected chi connectivity index (χ2v) is 6.49. The Morgan fingerprint density at radius 2 is 2.19 bits per heavy atom. The van der Waals surface area contributed by atoms with Crippen LogP contribution in [0.25, 0.3) is 10.8 Å². The lowest BCUT2D eigenvalue weighted by molar-refractivity contribution is 0.0888. The van der Waals surface area contributed by atoms with Crippen molar-refractivity contribution >= 4 is 40.7 Å². The molecule has 0 bridgehead atoms. The van der Waals surface area contributed by atoms with Gasteiger partial charge in [0, 0.05) is 44.3 Å². The van der Waals surface area contributed by atoms with E-state index in [1.54, 1.807) is 7.05 Å². The van der Waals surface area contributed by atoms with Gasteiger partial charge < -0.3 is 20.1 Å². The molecule has 1 aliphatic heterocycles. The molecule has 3 rings (SSSR count). The van der Waals surface area contributed by atoms with Gasteiger partial charge in [-0.05, 0) is 24.3 Å². The van der Waals surface area contributed by atoms with Crippen LogP contribution < -0.4 is 10.6 Å². The van der Waals surface area contributed by atoms with Gasteiger partial charge >= 0.3 is 0 Å². The van der Waals surface area contributed by atoms with Gasteiger partial charge in [0.25, 0.3) is 0 Å². The molecule has 2 N–H and O–H groups in total. The van der Waals surface area contributed by atoms with Crippen LogP contribution in [0, 0.1) is 5.92 Å². The van der Waals surface area contributed by atoms with Crippen LogP contribution in [0.15, 0.2) is 41.5 Å². The maximum absolute atomic E-state index is 5.72. The minimum atomic E-state index is 0. The monoisotopic (exact) mass is 484 g/mol. The summed E-state index contributed by atoms with van der Waals surface area (Å²) in [5.41, 5.74) is 1.02. The molecule has 1 fully saturated rings. The zero-order valence-corrected chi connectivity index (χ0v) is 18.1. The number of nitrogens with zero attached hydrogens (tertiary/aromatic N) is 2. The van der Waals surface area contributed by atoms with E-state index in [-0.39, 0.29) is 24.0 Å². The van der Waals surface area contributed by atoms with Crippen LogP contribution in [0.5, 0.6) is 0 Å². The van der Waals surface area contributed by atoms with Crippen molar-refractivity contribution in [2.24, 2.45) is 10.9 Å². The second kappa shape index (κ2) is 12.1. The highest BCUT2D eigenvalue weighted by atomic mass is 127. The molecule has 6 nitrogen and oxygen atoms in total. The largest absolute Gasteiger partial charge is 0.381 e. The molecule has 1 aromatic carbocycles. The summed E-state index contributed by atoms with van der Waals surface area (Å²) in [4.78, 5) is 8.77. The standard InChI is InChI=1S/C20H28N4O2.HI/c1-21-20(23-9-4-11-25-14-16-8-12-26-15-16)24-13-19-18-6-3-2-5-17(18)7-10-22-19;/h2-3,5-7,10,16H,4,8-9,11-15H2,1H3,(H2,21,23,24);1H. The Kier molecular flexibility index (Phi) is 9.79. The summed E-state index contributed by atoms with van der Waals surface area (Å²) in [5, 5.41) is 9.02. The quantitative estimate of drug-likeness (QED) is 0.261. The first-order chi connectivity index (χ1) is 12.9. The maximum Gasteiger partial charge on any atom is 0.191 e. The highest BCUT2D eigenvalue weighted by molar-refractivity contribution is 14.0. The third kappa shape index (κ3) is 6.90. The summed E-state index contributed by atoms with van der Waals surface area (Å²) in [5.74, 6) is 1.36. The molecule has 1 aromatic heterocycles. The smallest absolute Gasteiger partial charge is 0.191 e. The van der Waals surface area contributed by atoms with Crippen molar-refractivity contribution in [1.29, 1.82) is 0 Å². The number of aromatic nitrogens is 1. The van der Waals surface area contributed by atoms with E-state index < -0.39 is 0 Å². The lowest BCUT2D eigenvalue weighted by Crippen LogP contribution is -2.37. The minimum Gasteiger partial charge on any atom is -0.381 e. The van der Waals surface area contributed by atoms with Gasteiger partial charge in [0.1, 0.15) is 0 Å². The number of hydrogen-bond acceptors (Lipinski definition) is 4. The number of aliphatic imine (C=N–C) groups is 1. The number of guanidine groups is 1. The van der Waals surface area contributed by atoms with Crippen molar-refractivity contribution in [2.45, 2.75) is 19.4 Å². The summed E-state index contributed by atoms with van der Waals surface area (Å²) < 4.78 is 11.1. The Balaban J connectivity index is 0.00000261. The molecule has 2 heterocycles. The molecule has 0 saturated carbocycles. The van der Waals surface area contributed by atoms with Gasteiger partial charge in [0.05, 0.1) is 25.5 Å². The molecule has 0 aliphatic carbocycles. The Morgan fingerprint density at radius 1 is 1.30 bits per heavy atom. The molecule has 1 unspecified atom stereocenters. The van der Waals surface area contributed by atoms with Crippen molar-refractivity contribution in [3.63, 3.8) is 0 Å². The van der Waals surface area contributed by atoms with E-state index in [0.717, 1.165) is 57.5 Å². The van der Waals surface area contributed by atoms with Crippen molar-refractivity contribution in [1.82, 2.24) is 15.6 Å². The average Bonchev–Trinajstić information content (AvgIpc) is 3.20. The molecule has 2 aromatic rings. The maximum atomic E-state index is 5.72. The molecule has 0 radical (unpaired) electrons. The van der Waals surface area contributed by atoms with Crippen LogP contribution in [0.3, 0.4) is 0 Å². The number of benzene rings is 1. The van der Waals surface area contributed by atoms with E-state index in [9.17, 15) is 0 Å². The minimum absolute atomic E-state index is 0. The van der Waals surface area contributed by atoms with E-state index in [1.165, 1.54) is 10.8 Å². The van der Waals surface area contributed by atoms with Crippen LogP contribution in [-0.2, 0) is 16.0 Å². The zero-order valence-electron chi connectivity index (χ0n) is 15.8. The molecule has 1 atom stereocenters. The molecule has 27 heavy (non-hydrogen) atoms. The van der Waals surface area contributed by atoms with Crippen LogP contribution >= 0.6 is 24.0 Å². The van der Waals surface area contributed by atoms with Gasteiger partial charge in [-0.15, -0.1) is 24.0 Å². The summed E-state index contributed by atoms with van der Waals surface area (Å²) in [6, 6.07) is 10.3. The molecule has 1 aliphatic rings. The fourth-order valence-electron chi connectivity index (χ4n) is 3.06. The second-order valence-electron chi connectivity index (χ2n) is 6.49. The van der Waals surface area contributed by atoms with Gasteiger partial charge in [0.15, 0.2) is 5.96 Å². The molecular weight excluding hydrogens is 455 g/mol. The first-order valence-corrected chi connectivity index (χ1v) is 9.29. The highest BCUT2D eigenvalue weighted by Gasteiger charge is 2.15. The molecule has 7 heteroatoms. The fourth-order valence-corrected chi connectivity index (χ4v) is 3.06. The average molecular weight is 484 g/mol. The summed E-state index contributed by atoms with van der Waals surface area (Å²) in [7, 11) is 1.78. The topological polar surface area (TPSA) is 67.8 Å². The zero-order chi connectivity index (χ0) is 18.0. The molecule has 148 valence electrons. The number of fused-ring (bicyclic) bond motifs is 1. The van der Waals surface area contributed by atoms with Gasteiger partial charge in [-0.3, -0.25) is 9.98 Å². The van der Waals surface area contributed by atoms with Crippen LogP contribution in [0.2, 0.25) is 0 Å². The van der Waals surface area contributed by atoms with E-state index in [1.807, 2.05) is 24.4 Å². The van der Waals surface area contributed by atoms with Gasteiger partial charge in [0.2, 0.25) is 0 Å². The lowest BCUT2D eigenvalue weighted by Gasteiger charge is -2.13. The van der Waals surface area contributed by atoms with Crippen LogP contribution in [0.4, 0.5) is 0 Å². The molecule has 0 spiro atoms. The SMILES string of the molecule is CN=C(NCCCOCC1CCOC1)NCc1nccc2ccccc12.I. The Labute approximate surface area is 178 Å². The number of rotatable bonds is 8. The number of pyridine rings is 1. The summed E-state index contributed by atoms with van der Waals surface area (Å²) in [6.07, 6.45) is 3.92. The predicted octanol–water partition coefficient (Wildman–Crippen LogP) is 2.96. The summed E-state index contributed by atoms with van der Waals surface area (Å²) in [6.45, 7) is 4.74. The fraction of sp³-hybridized carbons (Fsp3) is 0.500. The van der Waals surface area contributed by atoms with E-state index in [2.05, 4.69) is 32.7 Å². The molecule has 0 amide bonds. The summed E-state index contributed by atoms with van der Waals surface area (Å²) >= 11 is 0. The third-order valence-electron chi connectivity index (χ3n) is 4.54. The number of hydrogen-bond donors (Lipinski definition) is 2. The first kappa shape index (κ1) is 21.8. The van der Waals surface area contributed by atoms with E-state index in [4.69, 9.17) is 9.47 Å². The Morgan fingerprint density at radius 3 is 3.00 bits per heavy atom. The van der Waals surface area contributed by atoms with Crippen molar-refractivity contribution in [3.05, 3.63) is 42.2 Å². The van der Waals surface area contributed by atoms with Gasteiger partial charge in [-0.25, -0.2) is 0 Å². The number of halogens is 1. The third-order valence-corrected chi connectivity index (χ3v) is 4.54. The van der Waals surface area contributed by atoms with Crippen LogP contribution in [0.1, 0.15) is 18.5 Å². The highest BCUT2D eigenvalue weighted by Crippen LogP contribution is 2.16. The Hall–Kier alpha value is -1.45. The van der Waals surface area contributed by atoms with E-state index >= 15 is 0 Å². The van der Waals surface area contributed by atoms with E-state index in [0.29, 0.717) is 12.5 Å². The van der Waals surface area contributed by atoms with Crippen LogP contribution in [-0.4, -0.2) is 51.0 Å².